The summed E-state index contributed by atoms with van der Waals surface area (Å²) < 4.78 is 38.4. The lowest BCUT2D eigenvalue weighted by Gasteiger charge is -2.10. The number of hydrogen-bond acceptors (Lipinski definition) is 3. The quantitative estimate of drug-likeness (QED) is 0.916. The van der Waals surface area contributed by atoms with E-state index in [1.807, 2.05) is 0 Å². The smallest absolute Gasteiger partial charge is 0.280 e. The van der Waals surface area contributed by atoms with Crippen LogP contribution in [0, 0.1) is 19.7 Å². The van der Waals surface area contributed by atoms with Crippen molar-refractivity contribution < 1.29 is 13.2 Å². The van der Waals surface area contributed by atoms with Gasteiger partial charge in [0, 0.05) is 11.8 Å². The predicted molar refractivity (Wildman–Crippen MR) is 66.1 cm³/mol. The number of alkyl halides is 2. The third kappa shape index (κ3) is 3.21. The molecule has 2 rings (SSSR count). The molecular formula is C13H12F3N3. The van der Waals surface area contributed by atoms with Gasteiger partial charge < -0.3 is 5.32 Å². The van der Waals surface area contributed by atoms with E-state index >= 15 is 0 Å². The second-order valence-corrected chi connectivity index (χ2v) is 4.11. The Morgan fingerprint density at radius 3 is 2.53 bits per heavy atom. The lowest BCUT2D eigenvalue weighted by atomic mass is 10.2. The average Bonchev–Trinajstić information content (AvgIpc) is 2.33. The van der Waals surface area contributed by atoms with Crippen LogP contribution in [-0.4, -0.2) is 9.97 Å². The Balaban J connectivity index is 2.35. The molecule has 1 aromatic heterocycles. The molecule has 0 radical (unpaired) electrons. The maximum Gasteiger partial charge on any atom is 0.280 e. The van der Waals surface area contributed by atoms with Gasteiger partial charge in [0.1, 0.15) is 23.2 Å². The summed E-state index contributed by atoms with van der Waals surface area (Å²) in [6, 6.07) is 5.37. The summed E-state index contributed by atoms with van der Waals surface area (Å²) >= 11 is 0. The molecule has 0 aliphatic rings. The van der Waals surface area contributed by atoms with Crippen molar-refractivity contribution in [3.63, 3.8) is 0 Å². The monoisotopic (exact) mass is 267 g/mol. The topological polar surface area (TPSA) is 37.8 Å². The molecule has 0 bridgehead atoms. The number of benzene rings is 1. The van der Waals surface area contributed by atoms with E-state index in [9.17, 15) is 13.2 Å². The highest BCUT2D eigenvalue weighted by Crippen LogP contribution is 2.23. The Morgan fingerprint density at radius 2 is 1.84 bits per heavy atom. The van der Waals surface area contributed by atoms with Gasteiger partial charge in [0.15, 0.2) is 0 Å². The standard InChI is InChI=1S/C13H12F3N3/c1-7-3-4-9(14)5-10(7)19-12-6-11(13(15)16)17-8(2)18-12/h3-6,13H,1-2H3,(H,17,18,19). The fraction of sp³-hybridized carbons (Fsp3) is 0.231. The largest absolute Gasteiger partial charge is 0.340 e. The van der Waals surface area contributed by atoms with E-state index in [2.05, 4.69) is 15.3 Å². The van der Waals surface area contributed by atoms with Gasteiger partial charge in [-0.05, 0) is 31.5 Å². The molecule has 0 aliphatic heterocycles. The van der Waals surface area contributed by atoms with Crippen molar-refractivity contribution in [1.29, 1.82) is 0 Å². The fourth-order valence-corrected chi connectivity index (χ4v) is 1.63. The maximum absolute atomic E-state index is 13.1. The van der Waals surface area contributed by atoms with Gasteiger partial charge in [0.25, 0.3) is 6.43 Å². The number of nitrogens with one attached hydrogen (secondary N) is 1. The summed E-state index contributed by atoms with van der Waals surface area (Å²) in [6.45, 7) is 3.30. The van der Waals surface area contributed by atoms with Crippen molar-refractivity contribution in [1.82, 2.24) is 9.97 Å². The molecule has 3 nitrogen and oxygen atoms in total. The van der Waals surface area contributed by atoms with E-state index < -0.39 is 12.2 Å². The number of aromatic nitrogens is 2. The van der Waals surface area contributed by atoms with Crippen molar-refractivity contribution in [2.75, 3.05) is 5.32 Å². The molecule has 19 heavy (non-hydrogen) atoms. The Morgan fingerprint density at radius 1 is 1.11 bits per heavy atom. The zero-order chi connectivity index (χ0) is 14.0. The van der Waals surface area contributed by atoms with Crippen molar-refractivity contribution in [2.24, 2.45) is 0 Å². The summed E-state index contributed by atoms with van der Waals surface area (Å²) in [5.41, 5.74) is 0.915. The van der Waals surface area contributed by atoms with Crippen LogP contribution in [-0.2, 0) is 0 Å². The van der Waals surface area contributed by atoms with Crippen LogP contribution in [0.1, 0.15) is 23.5 Å². The van der Waals surface area contributed by atoms with E-state index in [0.717, 1.165) is 11.6 Å². The fourth-order valence-electron chi connectivity index (χ4n) is 1.63. The van der Waals surface area contributed by atoms with Gasteiger partial charge in [-0.15, -0.1) is 0 Å². The summed E-state index contributed by atoms with van der Waals surface area (Å²) in [6.07, 6.45) is -2.67. The van der Waals surface area contributed by atoms with Gasteiger partial charge in [-0.2, -0.15) is 0 Å². The third-order valence-corrected chi connectivity index (χ3v) is 2.54. The van der Waals surface area contributed by atoms with Gasteiger partial charge >= 0.3 is 0 Å². The molecule has 0 unspecified atom stereocenters. The normalized spacial score (nSPS) is 10.8. The zero-order valence-electron chi connectivity index (χ0n) is 10.4. The lowest BCUT2D eigenvalue weighted by Crippen LogP contribution is -2.02. The summed E-state index contributed by atoms with van der Waals surface area (Å²) in [7, 11) is 0. The third-order valence-electron chi connectivity index (χ3n) is 2.54. The minimum absolute atomic E-state index is 0.219. The second-order valence-electron chi connectivity index (χ2n) is 4.11. The summed E-state index contributed by atoms with van der Waals surface area (Å²) in [5.74, 6) is 0.0406. The van der Waals surface area contributed by atoms with Crippen LogP contribution in [0.4, 0.5) is 24.7 Å². The van der Waals surface area contributed by atoms with Crippen molar-refractivity contribution in [2.45, 2.75) is 20.3 Å². The summed E-state index contributed by atoms with van der Waals surface area (Å²) in [5, 5.41) is 2.82. The van der Waals surface area contributed by atoms with Crippen molar-refractivity contribution in [3.8, 4) is 0 Å². The molecule has 0 fully saturated rings. The molecule has 6 heteroatoms. The van der Waals surface area contributed by atoms with E-state index in [0.29, 0.717) is 5.69 Å². The van der Waals surface area contributed by atoms with Crippen LogP contribution in [0.2, 0.25) is 0 Å². The van der Waals surface area contributed by atoms with Crippen LogP contribution in [0.3, 0.4) is 0 Å². The Labute approximate surface area is 108 Å². The van der Waals surface area contributed by atoms with Crippen LogP contribution in [0.15, 0.2) is 24.3 Å². The molecule has 100 valence electrons. The van der Waals surface area contributed by atoms with Gasteiger partial charge in [0.05, 0.1) is 0 Å². The van der Waals surface area contributed by atoms with Crippen LogP contribution >= 0.6 is 0 Å². The Hall–Kier alpha value is -2.11. The minimum atomic E-state index is -2.67. The first-order valence-corrected chi connectivity index (χ1v) is 5.62. The molecule has 2 aromatic rings. The molecular weight excluding hydrogens is 255 g/mol. The number of halogens is 3. The molecule has 1 aromatic carbocycles. The first-order chi connectivity index (χ1) is 8.95. The Bertz CT molecular complexity index is 600. The number of aryl methyl sites for hydroxylation is 2. The van der Waals surface area contributed by atoms with Crippen molar-refractivity contribution in [3.05, 3.63) is 47.2 Å². The van der Waals surface area contributed by atoms with Gasteiger partial charge in [0.2, 0.25) is 0 Å². The van der Waals surface area contributed by atoms with E-state index in [4.69, 9.17) is 0 Å². The van der Waals surface area contributed by atoms with E-state index in [-0.39, 0.29) is 17.3 Å². The zero-order valence-corrected chi connectivity index (χ0v) is 10.4. The first-order valence-electron chi connectivity index (χ1n) is 5.62. The summed E-state index contributed by atoms with van der Waals surface area (Å²) in [4.78, 5) is 7.64. The molecule has 1 heterocycles. The van der Waals surface area contributed by atoms with E-state index in [1.54, 1.807) is 13.0 Å². The maximum atomic E-state index is 13.1. The number of rotatable bonds is 3. The number of hydrogen-bond donors (Lipinski definition) is 1. The SMILES string of the molecule is Cc1nc(Nc2cc(F)ccc2C)cc(C(F)F)n1. The van der Waals surface area contributed by atoms with Gasteiger partial charge in [-0.25, -0.2) is 23.1 Å². The molecule has 1 N–H and O–H groups in total. The van der Waals surface area contributed by atoms with Crippen LogP contribution < -0.4 is 5.32 Å². The molecule has 0 saturated heterocycles. The molecule has 0 spiro atoms. The molecule has 0 atom stereocenters. The highest BCUT2D eigenvalue weighted by Gasteiger charge is 2.12. The van der Waals surface area contributed by atoms with Gasteiger partial charge in [-0.1, -0.05) is 6.07 Å². The van der Waals surface area contributed by atoms with Crippen molar-refractivity contribution >= 4 is 11.5 Å². The first kappa shape index (κ1) is 13.3. The van der Waals surface area contributed by atoms with Crippen LogP contribution in [0.25, 0.3) is 0 Å². The number of anilines is 2. The van der Waals surface area contributed by atoms with E-state index in [1.165, 1.54) is 19.1 Å². The second kappa shape index (κ2) is 5.26. The molecule has 0 amide bonds. The average molecular weight is 267 g/mol. The molecule has 0 saturated carbocycles. The van der Waals surface area contributed by atoms with Gasteiger partial charge in [-0.3, -0.25) is 0 Å². The highest BCUT2D eigenvalue weighted by atomic mass is 19.3. The minimum Gasteiger partial charge on any atom is -0.340 e. The lowest BCUT2D eigenvalue weighted by molar-refractivity contribution is 0.145. The Kier molecular flexibility index (Phi) is 3.69. The predicted octanol–water partition coefficient (Wildman–Crippen LogP) is 3.91. The number of nitrogens with zero attached hydrogens (tertiary/aromatic N) is 2. The van der Waals surface area contributed by atoms with Crippen LogP contribution in [0.5, 0.6) is 0 Å². The highest BCUT2D eigenvalue weighted by molar-refractivity contribution is 5.60. The molecule has 0 aliphatic carbocycles.